The summed E-state index contributed by atoms with van der Waals surface area (Å²) in [7, 11) is 1.74. The Hall–Kier alpha value is -2.14. The first kappa shape index (κ1) is 13.3. The van der Waals surface area contributed by atoms with Crippen molar-refractivity contribution in [2.45, 2.75) is 13.5 Å². The third kappa shape index (κ3) is 3.00. The van der Waals surface area contributed by atoms with Crippen molar-refractivity contribution in [3.63, 3.8) is 0 Å². The third-order valence-corrected chi connectivity index (χ3v) is 2.97. The summed E-state index contributed by atoms with van der Waals surface area (Å²) in [5, 5.41) is 0. The normalized spacial score (nSPS) is 10.5. The molecule has 0 bridgehead atoms. The maximum absolute atomic E-state index is 12.3. The largest absolute Gasteiger partial charge is 0.335 e. The first-order valence-corrected chi connectivity index (χ1v) is 6.18. The standard InChI is InChI=1S/C14H18N4O/c1-11-3-5-12(6-4-11)17(2)14(19)13-9-18(8-7-15)10-16-13/h3-6,9-10H,7-8,15H2,1-2H3. The second-order valence-corrected chi connectivity index (χ2v) is 4.49. The smallest absolute Gasteiger partial charge is 0.278 e. The van der Waals surface area contributed by atoms with Crippen LogP contribution in [0.5, 0.6) is 0 Å². The van der Waals surface area contributed by atoms with Crippen LogP contribution in [0.25, 0.3) is 0 Å². The number of nitrogens with two attached hydrogens (primary N) is 1. The summed E-state index contributed by atoms with van der Waals surface area (Å²) < 4.78 is 1.82. The van der Waals surface area contributed by atoms with Gasteiger partial charge in [-0.2, -0.15) is 0 Å². The Balaban J connectivity index is 2.15. The fraction of sp³-hybridized carbons (Fsp3) is 0.286. The van der Waals surface area contributed by atoms with Crippen molar-refractivity contribution in [3.05, 3.63) is 48.0 Å². The zero-order valence-corrected chi connectivity index (χ0v) is 11.2. The van der Waals surface area contributed by atoms with Crippen LogP contribution in [-0.4, -0.2) is 29.1 Å². The molecule has 0 atom stereocenters. The Kier molecular flexibility index (Phi) is 3.97. The van der Waals surface area contributed by atoms with Crippen LogP contribution >= 0.6 is 0 Å². The van der Waals surface area contributed by atoms with Crippen LogP contribution in [0.4, 0.5) is 5.69 Å². The summed E-state index contributed by atoms with van der Waals surface area (Å²) in [6, 6.07) is 7.80. The molecule has 0 radical (unpaired) electrons. The molecule has 0 aliphatic rings. The van der Waals surface area contributed by atoms with E-state index in [1.807, 2.05) is 35.8 Å². The van der Waals surface area contributed by atoms with E-state index in [0.29, 0.717) is 18.8 Å². The summed E-state index contributed by atoms with van der Waals surface area (Å²) in [5.41, 5.74) is 7.91. The summed E-state index contributed by atoms with van der Waals surface area (Å²) in [4.78, 5) is 18.0. The van der Waals surface area contributed by atoms with E-state index in [9.17, 15) is 4.79 Å². The predicted molar refractivity (Wildman–Crippen MR) is 75.2 cm³/mol. The van der Waals surface area contributed by atoms with Gasteiger partial charge in [0.2, 0.25) is 0 Å². The summed E-state index contributed by atoms with van der Waals surface area (Å²) in [5.74, 6) is -0.125. The van der Waals surface area contributed by atoms with E-state index in [-0.39, 0.29) is 5.91 Å². The maximum Gasteiger partial charge on any atom is 0.278 e. The van der Waals surface area contributed by atoms with Crippen LogP contribution in [0.15, 0.2) is 36.8 Å². The number of aromatic nitrogens is 2. The zero-order chi connectivity index (χ0) is 13.8. The molecule has 100 valence electrons. The zero-order valence-electron chi connectivity index (χ0n) is 11.2. The second kappa shape index (κ2) is 5.67. The van der Waals surface area contributed by atoms with Crippen LogP contribution < -0.4 is 10.6 Å². The topological polar surface area (TPSA) is 64.2 Å². The van der Waals surface area contributed by atoms with E-state index >= 15 is 0 Å². The van der Waals surface area contributed by atoms with Crippen LogP contribution in [-0.2, 0) is 6.54 Å². The minimum atomic E-state index is -0.125. The molecule has 5 heteroatoms. The molecular formula is C14H18N4O. The van der Waals surface area contributed by atoms with Crippen molar-refractivity contribution in [1.82, 2.24) is 9.55 Å². The van der Waals surface area contributed by atoms with Gasteiger partial charge in [0.1, 0.15) is 5.69 Å². The number of hydrogen-bond donors (Lipinski definition) is 1. The molecule has 1 aromatic carbocycles. The van der Waals surface area contributed by atoms with Crippen molar-refractivity contribution in [2.75, 3.05) is 18.5 Å². The van der Waals surface area contributed by atoms with Gasteiger partial charge in [0, 0.05) is 32.0 Å². The highest BCUT2D eigenvalue weighted by atomic mass is 16.2. The molecule has 2 aromatic rings. The van der Waals surface area contributed by atoms with Crippen LogP contribution in [0.2, 0.25) is 0 Å². The molecular weight excluding hydrogens is 240 g/mol. The van der Waals surface area contributed by atoms with Gasteiger partial charge in [-0.05, 0) is 19.1 Å². The SMILES string of the molecule is Cc1ccc(N(C)C(=O)c2cn(CCN)cn2)cc1. The minimum Gasteiger partial charge on any atom is -0.335 e. The first-order chi connectivity index (χ1) is 9.11. The quantitative estimate of drug-likeness (QED) is 0.902. The number of carbonyl (C=O) groups is 1. The maximum atomic E-state index is 12.3. The highest BCUT2D eigenvalue weighted by Crippen LogP contribution is 2.15. The number of aryl methyl sites for hydroxylation is 1. The fourth-order valence-corrected chi connectivity index (χ4v) is 1.80. The number of hydrogen-bond acceptors (Lipinski definition) is 3. The molecule has 0 fully saturated rings. The number of amides is 1. The van der Waals surface area contributed by atoms with E-state index in [4.69, 9.17) is 5.73 Å². The van der Waals surface area contributed by atoms with E-state index in [1.165, 1.54) is 0 Å². The molecule has 5 nitrogen and oxygen atoms in total. The Bertz CT molecular complexity index is 559. The Morgan fingerprint density at radius 3 is 2.68 bits per heavy atom. The van der Waals surface area contributed by atoms with Gasteiger partial charge >= 0.3 is 0 Å². The molecule has 0 unspecified atom stereocenters. The van der Waals surface area contributed by atoms with E-state index in [0.717, 1.165) is 11.3 Å². The molecule has 2 N–H and O–H groups in total. The lowest BCUT2D eigenvalue weighted by atomic mass is 10.2. The van der Waals surface area contributed by atoms with Gasteiger partial charge in [0.25, 0.3) is 5.91 Å². The lowest BCUT2D eigenvalue weighted by Crippen LogP contribution is -2.26. The average molecular weight is 258 g/mol. The average Bonchev–Trinajstić information content (AvgIpc) is 2.87. The van der Waals surface area contributed by atoms with Crippen molar-refractivity contribution in [1.29, 1.82) is 0 Å². The molecule has 0 saturated carbocycles. The van der Waals surface area contributed by atoms with Gasteiger partial charge in [-0.15, -0.1) is 0 Å². The van der Waals surface area contributed by atoms with Gasteiger partial charge in [-0.25, -0.2) is 4.98 Å². The predicted octanol–water partition coefficient (Wildman–Crippen LogP) is 1.43. The highest BCUT2D eigenvalue weighted by Gasteiger charge is 2.15. The summed E-state index contributed by atoms with van der Waals surface area (Å²) in [6.45, 7) is 3.20. The molecule has 1 heterocycles. The second-order valence-electron chi connectivity index (χ2n) is 4.49. The molecule has 19 heavy (non-hydrogen) atoms. The van der Waals surface area contributed by atoms with E-state index in [2.05, 4.69) is 4.98 Å². The van der Waals surface area contributed by atoms with Crippen LogP contribution in [0.1, 0.15) is 16.1 Å². The lowest BCUT2D eigenvalue weighted by Gasteiger charge is -2.16. The molecule has 0 saturated heterocycles. The fourth-order valence-electron chi connectivity index (χ4n) is 1.80. The van der Waals surface area contributed by atoms with E-state index in [1.54, 1.807) is 24.5 Å². The van der Waals surface area contributed by atoms with Gasteiger partial charge in [-0.1, -0.05) is 17.7 Å². The van der Waals surface area contributed by atoms with Gasteiger partial charge in [0.05, 0.1) is 6.33 Å². The monoisotopic (exact) mass is 258 g/mol. The Labute approximate surface area is 112 Å². The Morgan fingerprint density at radius 1 is 1.37 bits per heavy atom. The number of anilines is 1. The number of carbonyl (C=O) groups excluding carboxylic acids is 1. The third-order valence-electron chi connectivity index (χ3n) is 2.97. The molecule has 0 aliphatic carbocycles. The van der Waals surface area contributed by atoms with Crippen molar-refractivity contribution >= 4 is 11.6 Å². The molecule has 1 amide bonds. The van der Waals surface area contributed by atoms with E-state index < -0.39 is 0 Å². The molecule has 0 aliphatic heterocycles. The van der Waals surface area contributed by atoms with Gasteiger partial charge in [-0.3, -0.25) is 4.79 Å². The number of imidazole rings is 1. The Morgan fingerprint density at radius 2 is 2.05 bits per heavy atom. The number of nitrogens with zero attached hydrogens (tertiary/aromatic N) is 3. The summed E-state index contributed by atoms with van der Waals surface area (Å²) in [6.07, 6.45) is 3.35. The van der Waals surface area contributed by atoms with Crippen LogP contribution in [0, 0.1) is 6.92 Å². The highest BCUT2D eigenvalue weighted by molar-refractivity contribution is 6.04. The molecule has 1 aromatic heterocycles. The van der Waals surface area contributed by atoms with Crippen molar-refractivity contribution in [3.8, 4) is 0 Å². The molecule has 0 spiro atoms. The van der Waals surface area contributed by atoms with Gasteiger partial charge < -0.3 is 15.2 Å². The number of rotatable bonds is 4. The lowest BCUT2D eigenvalue weighted by molar-refractivity contribution is 0.0988. The first-order valence-electron chi connectivity index (χ1n) is 6.18. The van der Waals surface area contributed by atoms with Crippen molar-refractivity contribution in [2.24, 2.45) is 5.73 Å². The van der Waals surface area contributed by atoms with Crippen molar-refractivity contribution < 1.29 is 4.79 Å². The minimum absolute atomic E-state index is 0.125. The molecule has 2 rings (SSSR count). The van der Waals surface area contributed by atoms with Gasteiger partial charge in [0.15, 0.2) is 0 Å². The number of benzene rings is 1. The summed E-state index contributed by atoms with van der Waals surface area (Å²) >= 11 is 0. The van der Waals surface area contributed by atoms with Crippen LogP contribution in [0.3, 0.4) is 0 Å².